The standard InChI is InChI=1S/C21H22Cl2N4O2S/c1-4-27-19(11-29-16-7-5-13(2)14(3)9-16)25-26-21(27)30-12-20(28)24-15-6-8-17(22)18(23)10-15/h5-10H,4,11-12H2,1-3H3,(H,24,28). The summed E-state index contributed by atoms with van der Waals surface area (Å²) in [7, 11) is 0. The molecule has 0 atom stereocenters. The molecule has 1 amide bonds. The fourth-order valence-electron chi connectivity index (χ4n) is 2.70. The maximum atomic E-state index is 12.3. The Morgan fingerprint density at radius 1 is 1.10 bits per heavy atom. The summed E-state index contributed by atoms with van der Waals surface area (Å²) in [6, 6.07) is 10.9. The van der Waals surface area contributed by atoms with Crippen molar-refractivity contribution < 1.29 is 9.53 Å². The number of aryl methyl sites for hydroxylation is 2. The summed E-state index contributed by atoms with van der Waals surface area (Å²) in [5, 5.41) is 12.7. The van der Waals surface area contributed by atoms with Gasteiger partial charge in [-0.1, -0.05) is 41.0 Å². The molecule has 9 heteroatoms. The van der Waals surface area contributed by atoms with Gasteiger partial charge in [-0.15, -0.1) is 10.2 Å². The molecule has 0 fully saturated rings. The Morgan fingerprint density at radius 3 is 2.60 bits per heavy atom. The van der Waals surface area contributed by atoms with Crippen LogP contribution in [0.5, 0.6) is 5.75 Å². The molecule has 0 saturated carbocycles. The average molecular weight is 465 g/mol. The quantitative estimate of drug-likeness (QED) is 0.443. The average Bonchev–Trinajstić information content (AvgIpc) is 3.12. The molecule has 1 aromatic heterocycles. The van der Waals surface area contributed by atoms with Gasteiger partial charge in [0.1, 0.15) is 12.4 Å². The number of nitrogens with one attached hydrogen (secondary N) is 1. The van der Waals surface area contributed by atoms with Gasteiger partial charge in [0.2, 0.25) is 5.91 Å². The van der Waals surface area contributed by atoms with Crippen molar-refractivity contribution >= 4 is 46.6 Å². The van der Waals surface area contributed by atoms with Gasteiger partial charge in [0.15, 0.2) is 11.0 Å². The number of nitrogens with zero attached hydrogens (tertiary/aromatic N) is 3. The van der Waals surface area contributed by atoms with E-state index in [0.717, 1.165) is 5.75 Å². The molecule has 3 aromatic rings. The number of carbonyl (C=O) groups excluding carboxylic acids is 1. The molecule has 0 aliphatic heterocycles. The zero-order chi connectivity index (χ0) is 21.7. The molecule has 2 aromatic carbocycles. The summed E-state index contributed by atoms with van der Waals surface area (Å²) in [6.45, 7) is 7.10. The Hall–Kier alpha value is -2.22. The Morgan fingerprint density at radius 2 is 1.90 bits per heavy atom. The van der Waals surface area contributed by atoms with E-state index in [9.17, 15) is 4.79 Å². The topological polar surface area (TPSA) is 69.0 Å². The third-order valence-electron chi connectivity index (χ3n) is 4.49. The molecular weight excluding hydrogens is 443 g/mol. The number of benzene rings is 2. The second kappa shape index (κ2) is 10.2. The first kappa shape index (κ1) is 22.5. The van der Waals surface area contributed by atoms with E-state index in [-0.39, 0.29) is 11.7 Å². The minimum atomic E-state index is -0.169. The van der Waals surface area contributed by atoms with Crippen LogP contribution in [0.4, 0.5) is 5.69 Å². The number of halogens is 2. The second-order valence-corrected chi connectivity index (χ2v) is 8.40. The van der Waals surface area contributed by atoms with Crippen LogP contribution in [0.15, 0.2) is 41.6 Å². The van der Waals surface area contributed by atoms with Gasteiger partial charge in [-0.05, 0) is 62.2 Å². The number of thioether (sulfide) groups is 1. The predicted octanol–water partition coefficient (Wildman–Crippen LogP) is 5.53. The van der Waals surface area contributed by atoms with E-state index in [2.05, 4.69) is 29.4 Å². The van der Waals surface area contributed by atoms with E-state index in [1.165, 1.54) is 22.9 Å². The molecule has 0 aliphatic rings. The molecule has 0 radical (unpaired) electrons. The maximum Gasteiger partial charge on any atom is 0.234 e. The van der Waals surface area contributed by atoms with Crippen LogP contribution in [0.1, 0.15) is 23.9 Å². The second-order valence-electron chi connectivity index (χ2n) is 6.64. The molecule has 0 aliphatic carbocycles. The van der Waals surface area contributed by atoms with Gasteiger partial charge < -0.3 is 14.6 Å². The molecule has 0 bridgehead atoms. The highest BCUT2D eigenvalue weighted by Gasteiger charge is 2.14. The Bertz CT molecular complexity index is 1060. The SMILES string of the molecule is CCn1c(COc2ccc(C)c(C)c2)nnc1SCC(=O)Nc1ccc(Cl)c(Cl)c1. The first-order chi connectivity index (χ1) is 14.4. The first-order valence-corrected chi connectivity index (χ1v) is 11.1. The highest BCUT2D eigenvalue weighted by molar-refractivity contribution is 7.99. The van der Waals surface area contributed by atoms with E-state index in [0.29, 0.717) is 39.9 Å². The van der Waals surface area contributed by atoms with Crippen LogP contribution >= 0.6 is 35.0 Å². The lowest BCUT2D eigenvalue weighted by molar-refractivity contribution is -0.113. The zero-order valence-electron chi connectivity index (χ0n) is 16.9. The van der Waals surface area contributed by atoms with Gasteiger partial charge >= 0.3 is 0 Å². The van der Waals surface area contributed by atoms with Crippen LogP contribution in [0, 0.1) is 13.8 Å². The van der Waals surface area contributed by atoms with E-state index in [1.54, 1.807) is 18.2 Å². The lowest BCUT2D eigenvalue weighted by atomic mass is 10.1. The van der Waals surface area contributed by atoms with Crippen LogP contribution in [-0.2, 0) is 17.9 Å². The summed E-state index contributed by atoms with van der Waals surface area (Å²) in [5.41, 5.74) is 2.99. The van der Waals surface area contributed by atoms with Gasteiger partial charge in [0.05, 0.1) is 15.8 Å². The molecule has 1 heterocycles. The van der Waals surface area contributed by atoms with Crippen molar-refractivity contribution in [3.05, 3.63) is 63.4 Å². The minimum absolute atomic E-state index is 0.169. The van der Waals surface area contributed by atoms with E-state index >= 15 is 0 Å². The van der Waals surface area contributed by atoms with E-state index < -0.39 is 0 Å². The fourth-order valence-corrected chi connectivity index (χ4v) is 3.82. The smallest absolute Gasteiger partial charge is 0.234 e. The molecular formula is C21H22Cl2N4O2S. The lowest BCUT2D eigenvalue weighted by Gasteiger charge is -2.10. The number of amides is 1. The van der Waals surface area contributed by atoms with Gasteiger partial charge in [0, 0.05) is 12.2 Å². The van der Waals surface area contributed by atoms with Crippen molar-refractivity contribution in [3.63, 3.8) is 0 Å². The van der Waals surface area contributed by atoms with Crippen LogP contribution in [0.25, 0.3) is 0 Å². The van der Waals surface area contributed by atoms with Crippen molar-refractivity contribution in [3.8, 4) is 5.75 Å². The molecule has 158 valence electrons. The van der Waals surface area contributed by atoms with Crippen molar-refractivity contribution in [2.45, 2.75) is 39.1 Å². The van der Waals surface area contributed by atoms with Crippen molar-refractivity contribution in [1.29, 1.82) is 0 Å². The molecule has 6 nitrogen and oxygen atoms in total. The predicted molar refractivity (Wildman–Crippen MR) is 122 cm³/mol. The van der Waals surface area contributed by atoms with Crippen LogP contribution in [-0.4, -0.2) is 26.4 Å². The highest BCUT2D eigenvalue weighted by atomic mass is 35.5. The molecule has 30 heavy (non-hydrogen) atoms. The Kier molecular flexibility index (Phi) is 7.64. The number of hydrogen-bond acceptors (Lipinski definition) is 5. The molecule has 3 rings (SSSR count). The molecule has 0 unspecified atom stereocenters. The summed E-state index contributed by atoms with van der Waals surface area (Å²) in [6.07, 6.45) is 0. The van der Waals surface area contributed by atoms with Gasteiger partial charge in [0.25, 0.3) is 0 Å². The van der Waals surface area contributed by atoms with Gasteiger partial charge in [-0.3, -0.25) is 4.79 Å². The van der Waals surface area contributed by atoms with Gasteiger partial charge in [-0.2, -0.15) is 0 Å². The fraction of sp³-hybridized carbons (Fsp3) is 0.286. The van der Waals surface area contributed by atoms with Crippen LogP contribution in [0.2, 0.25) is 10.0 Å². The van der Waals surface area contributed by atoms with E-state index in [4.69, 9.17) is 27.9 Å². The normalized spacial score (nSPS) is 10.8. The Balaban J connectivity index is 1.58. The largest absolute Gasteiger partial charge is 0.486 e. The minimum Gasteiger partial charge on any atom is -0.486 e. The molecule has 0 spiro atoms. The van der Waals surface area contributed by atoms with Gasteiger partial charge in [-0.25, -0.2) is 0 Å². The maximum absolute atomic E-state index is 12.3. The lowest BCUT2D eigenvalue weighted by Crippen LogP contribution is -2.15. The van der Waals surface area contributed by atoms with Crippen LogP contribution in [0.3, 0.4) is 0 Å². The third kappa shape index (κ3) is 5.68. The highest BCUT2D eigenvalue weighted by Crippen LogP contribution is 2.25. The summed E-state index contributed by atoms with van der Waals surface area (Å²) < 4.78 is 7.82. The summed E-state index contributed by atoms with van der Waals surface area (Å²) in [5.74, 6) is 1.52. The molecule has 0 saturated heterocycles. The monoisotopic (exact) mass is 464 g/mol. The number of aromatic nitrogens is 3. The molecule has 1 N–H and O–H groups in total. The summed E-state index contributed by atoms with van der Waals surface area (Å²) in [4.78, 5) is 12.3. The zero-order valence-corrected chi connectivity index (χ0v) is 19.2. The van der Waals surface area contributed by atoms with Crippen molar-refractivity contribution in [2.75, 3.05) is 11.1 Å². The summed E-state index contributed by atoms with van der Waals surface area (Å²) >= 11 is 13.2. The third-order valence-corrected chi connectivity index (χ3v) is 6.20. The number of anilines is 1. The number of hydrogen-bond donors (Lipinski definition) is 1. The number of rotatable bonds is 8. The van der Waals surface area contributed by atoms with Crippen LogP contribution < -0.4 is 10.1 Å². The number of ether oxygens (including phenoxy) is 1. The van der Waals surface area contributed by atoms with E-state index in [1.807, 2.05) is 29.7 Å². The Labute approximate surface area is 189 Å². The van der Waals surface area contributed by atoms with Crippen molar-refractivity contribution in [1.82, 2.24) is 14.8 Å². The first-order valence-electron chi connectivity index (χ1n) is 9.37. The van der Waals surface area contributed by atoms with Crippen molar-refractivity contribution in [2.24, 2.45) is 0 Å². The number of carbonyl (C=O) groups is 1.